The van der Waals surface area contributed by atoms with Crippen LogP contribution in [0.2, 0.25) is 4.34 Å². The van der Waals surface area contributed by atoms with Gasteiger partial charge in [0.1, 0.15) is 0 Å². The predicted molar refractivity (Wildman–Crippen MR) is 66.1 cm³/mol. The zero-order chi connectivity index (χ0) is 11.3. The number of halogens is 1. The standard InChI is InChI=1S/C11H16ClNOS/c1-3-7-13(4-2)8-9(14)10-5-6-11(12)15-10/h5-6H,3-4,7-8H2,1-2H3. The molecule has 0 spiro atoms. The Hall–Kier alpha value is -0.380. The van der Waals surface area contributed by atoms with E-state index in [0.29, 0.717) is 10.9 Å². The molecule has 0 saturated carbocycles. The third kappa shape index (κ3) is 3.93. The van der Waals surface area contributed by atoms with Crippen LogP contribution in [0.5, 0.6) is 0 Å². The largest absolute Gasteiger partial charge is 0.296 e. The van der Waals surface area contributed by atoms with Crippen molar-refractivity contribution < 1.29 is 4.79 Å². The summed E-state index contributed by atoms with van der Waals surface area (Å²) in [5, 5.41) is 0. The molecule has 0 saturated heterocycles. The second-order valence-corrected chi connectivity index (χ2v) is 5.11. The van der Waals surface area contributed by atoms with Crippen molar-refractivity contribution in [1.29, 1.82) is 0 Å². The molecular weight excluding hydrogens is 230 g/mol. The molecule has 0 amide bonds. The topological polar surface area (TPSA) is 20.3 Å². The number of ketones is 1. The van der Waals surface area contributed by atoms with Crippen LogP contribution in [0.25, 0.3) is 0 Å². The average molecular weight is 246 g/mol. The number of Topliss-reactive ketones (excluding diaryl/α,β-unsaturated/α-hetero) is 1. The first kappa shape index (κ1) is 12.7. The van der Waals surface area contributed by atoms with Gasteiger partial charge >= 0.3 is 0 Å². The Morgan fingerprint density at radius 3 is 2.67 bits per heavy atom. The first-order valence-corrected chi connectivity index (χ1v) is 6.37. The molecule has 0 bridgehead atoms. The third-order valence-corrected chi connectivity index (χ3v) is 3.47. The number of hydrogen-bond acceptors (Lipinski definition) is 3. The summed E-state index contributed by atoms with van der Waals surface area (Å²) < 4.78 is 0.678. The number of hydrogen-bond donors (Lipinski definition) is 0. The Balaban J connectivity index is 2.54. The van der Waals surface area contributed by atoms with E-state index in [1.165, 1.54) is 11.3 Å². The van der Waals surface area contributed by atoms with Crippen molar-refractivity contribution in [1.82, 2.24) is 4.90 Å². The summed E-state index contributed by atoms with van der Waals surface area (Å²) in [6, 6.07) is 3.57. The summed E-state index contributed by atoms with van der Waals surface area (Å²) in [6.45, 7) is 6.58. The molecule has 0 atom stereocenters. The van der Waals surface area contributed by atoms with Gasteiger partial charge in [-0.2, -0.15) is 0 Å². The maximum Gasteiger partial charge on any atom is 0.186 e. The van der Waals surface area contributed by atoms with Crippen LogP contribution in [-0.2, 0) is 0 Å². The second kappa shape index (κ2) is 6.26. The van der Waals surface area contributed by atoms with Gasteiger partial charge in [-0.25, -0.2) is 0 Å². The first-order valence-electron chi connectivity index (χ1n) is 5.18. The van der Waals surface area contributed by atoms with Gasteiger partial charge in [-0.05, 0) is 31.6 Å². The SMILES string of the molecule is CCCN(CC)CC(=O)c1ccc(Cl)s1. The normalized spacial score (nSPS) is 10.9. The Bertz CT molecular complexity index is 324. The summed E-state index contributed by atoms with van der Waals surface area (Å²) in [5.74, 6) is 0.169. The monoisotopic (exact) mass is 245 g/mol. The molecule has 0 aliphatic heterocycles. The van der Waals surface area contributed by atoms with Gasteiger partial charge in [-0.15, -0.1) is 11.3 Å². The van der Waals surface area contributed by atoms with Crippen LogP contribution in [-0.4, -0.2) is 30.3 Å². The van der Waals surface area contributed by atoms with Crippen LogP contribution < -0.4 is 0 Å². The van der Waals surface area contributed by atoms with Crippen LogP contribution in [0.1, 0.15) is 29.9 Å². The number of rotatable bonds is 6. The molecule has 84 valence electrons. The van der Waals surface area contributed by atoms with E-state index in [1.807, 2.05) is 0 Å². The van der Waals surface area contributed by atoms with E-state index in [9.17, 15) is 4.79 Å². The minimum absolute atomic E-state index is 0.169. The number of likely N-dealkylation sites (N-methyl/N-ethyl adjacent to an activating group) is 1. The van der Waals surface area contributed by atoms with Gasteiger partial charge in [-0.3, -0.25) is 9.69 Å². The van der Waals surface area contributed by atoms with Crippen LogP contribution in [0.15, 0.2) is 12.1 Å². The van der Waals surface area contributed by atoms with Gasteiger partial charge in [0.05, 0.1) is 15.8 Å². The summed E-state index contributed by atoms with van der Waals surface area (Å²) >= 11 is 7.14. The molecule has 0 aliphatic rings. The maximum atomic E-state index is 11.8. The minimum atomic E-state index is 0.169. The molecule has 0 fully saturated rings. The third-order valence-electron chi connectivity index (χ3n) is 2.20. The van der Waals surface area contributed by atoms with Crippen molar-refractivity contribution in [2.45, 2.75) is 20.3 Å². The first-order chi connectivity index (χ1) is 7.17. The zero-order valence-corrected chi connectivity index (χ0v) is 10.7. The molecule has 4 heteroatoms. The quantitative estimate of drug-likeness (QED) is 0.717. The maximum absolute atomic E-state index is 11.8. The fourth-order valence-electron chi connectivity index (χ4n) is 1.41. The highest BCUT2D eigenvalue weighted by Crippen LogP contribution is 2.21. The molecular formula is C11H16ClNOS. The molecule has 1 rings (SSSR count). The van der Waals surface area contributed by atoms with Crippen molar-refractivity contribution in [3.8, 4) is 0 Å². The van der Waals surface area contributed by atoms with Gasteiger partial charge in [0.25, 0.3) is 0 Å². The molecule has 15 heavy (non-hydrogen) atoms. The second-order valence-electron chi connectivity index (χ2n) is 3.40. The lowest BCUT2D eigenvalue weighted by molar-refractivity contribution is 0.0938. The smallest absolute Gasteiger partial charge is 0.186 e. The predicted octanol–water partition coefficient (Wildman–Crippen LogP) is 3.32. The Morgan fingerprint density at radius 1 is 1.47 bits per heavy atom. The van der Waals surface area contributed by atoms with Crippen LogP contribution in [0.4, 0.5) is 0 Å². The molecule has 1 aromatic rings. The average Bonchev–Trinajstić information content (AvgIpc) is 2.64. The Morgan fingerprint density at radius 2 is 2.20 bits per heavy atom. The lowest BCUT2D eigenvalue weighted by Crippen LogP contribution is -2.30. The highest BCUT2D eigenvalue weighted by Gasteiger charge is 2.12. The van der Waals surface area contributed by atoms with E-state index in [4.69, 9.17) is 11.6 Å². The lowest BCUT2D eigenvalue weighted by Gasteiger charge is -2.17. The van der Waals surface area contributed by atoms with E-state index in [-0.39, 0.29) is 5.78 Å². The van der Waals surface area contributed by atoms with Gasteiger partial charge in [-0.1, -0.05) is 25.4 Å². The van der Waals surface area contributed by atoms with E-state index >= 15 is 0 Å². The fourth-order valence-corrected chi connectivity index (χ4v) is 2.38. The van der Waals surface area contributed by atoms with Crippen molar-refractivity contribution >= 4 is 28.7 Å². The number of carbonyl (C=O) groups excluding carboxylic acids is 1. The van der Waals surface area contributed by atoms with E-state index in [1.54, 1.807) is 12.1 Å². The van der Waals surface area contributed by atoms with Gasteiger partial charge in [0, 0.05) is 0 Å². The summed E-state index contributed by atoms with van der Waals surface area (Å²) in [4.78, 5) is 14.7. The van der Waals surface area contributed by atoms with Crippen molar-refractivity contribution in [2.24, 2.45) is 0 Å². The number of nitrogens with zero attached hydrogens (tertiary/aromatic N) is 1. The summed E-state index contributed by atoms with van der Waals surface area (Å²) in [6.07, 6.45) is 1.08. The molecule has 0 aromatic carbocycles. The van der Waals surface area contributed by atoms with E-state index in [0.717, 1.165) is 24.4 Å². The van der Waals surface area contributed by atoms with Crippen molar-refractivity contribution in [3.05, 3.63) is 21.3 Å². The molecule has 0 N–H and O–H groups in total. The van der Waals surface area contributed by atoms with Crippen LogP contribution in [0, 0.1) is 0 Å². The van der Waals surface area contributed by atoms with E-state index < -0.39 is 0 Å². The Kier molecular flexibility index (Phi) is 5.29. The molecule has 0 aliphatic carbocycles. The van der Waals surface area contributed by atoms with Crippen LogP contribution >= 0.6 is 22.9 Å². The number of thiophene rings is 1. The van der Waals surface area contributed by atoms with Gasteiger partial charge < -0.3 is 0 Å². The summed E-state index contributed by atoms with van der Waals surface area (Å²) in [7, 11) is 0. The fraction of sp³-hybridized carbons (Fsp3) is 0.545. The van der Waals surface area contributed by atoms with Crippen LogP contribution in [0.3, 0.4) is 0 Å². The zero-order valence-electron chi connectivity index (χ0n) is 9.12. The highest BCUT2D eigenvalue weighted by molar-refractivity contribution is 7.18. The number of carbonyl (C=O) groups is 1. The van der Waals surface area contributed by atoms with Crippen molar-refractivity contribution in [3.63, 3.8) is 0 Å². The highest BCUT2D eigenvalue weighted by atomic mass is 35.5. The Labute approximate surface area is 99.9 Å². The lowest BCUT2D eigenvalue weighted by atomic mass is 10.3. The molecule has 0 unspecified atom stereocenters. The summed E-state index contributed by atoms with van der Waals surface area (Å²) in [5.41, 5.74) is 0. The molecule has 1 heterocycles. The molecule has 1 aromatic heterocycles. The minimum Gasteiger partial charge on any atom is -0.296 e. The van der Waals surface area contributed by atoms with E-state index in [2.05, 4.69) is 18.7 Å². The van der Waals surface area contributed by atoms with Crippen molar-refractivity contribution in [2.75, 3.05) is 19.6 Å². The molecule has 0 radical (unpaired) electrons. The van der Waals surface area contributed by atoms with Gasteiger partial charge in [0.15, 0.2) is 5.78 Å². The van der Waals surface area contributed by atoms with Gasteiger partial charge in [0.2, 0.25) is 0 Å². The molecule has 2 nitrogen and oxygen atoms in total.